The molecule has 0 aromatic rings. The second-order valence-electron chi connectivity index (χ2n) is 1.86. The molecule has 0 unspecified atom stereocenters. The van der Waals surface area contributed by atoms with Crippen molar-refractivity contribution in [1.82, 2.24) is 0 Å². The number of carbonyl (C=O) groups is 1. The lowest BCUT2D eigenvalue weighted by atomic mass is 10.8. The summed E-state index contributed by atoms with van der Waals surface area (Å²) in [6, 6.07) is 0. The van der Waals surface area contributed by atoms with Gasteiger partial charge in [0.25, 0.3) is 0 Å². The predicted molar refractivity (Wildman–Crippen MR) is 33.5 cm³/mol. The maximum absolute atomic E-state index is 10.1. The summed E-state index contributed by atoms with van der Waals surface area (Å²) in [5.74, 6) is -1.10. The fraction of sp³-hybridized carbons (Fsp3) is 0.750. The first kappa shape index (κ1) is 7.88. The van der Waals surface area contributed by atoms with Crippen LogP contribution in [-0.4, -0.2) is 35.3 Å². The molecule has 1 heterocycles. The lowest BCUT2D eigenvalue weighted by Crippen LogP contribution is -2.08. The van der Waals surface area contributed by atoms with Crippen molar-refractivity contribution in [2.24, 2.45) is 0 Å². The molecule has 0 aliphatic carbocycles. The molecule has 0 bridgehead atoms. The third kappa shape index (κ3) is 1.88. The summed E-state index contributed by atoms with van der Waals surface area (Å²) in [7, 11) is -2.98. The molecule has 1 aliphatic rings. The SMILES string of the molecule is O=C(O)C[P+]1(O)OCCO1. The number of carboxylic acids is 1. The van der Waals surface area contributed by atoms with Crippen LogP contribution in [0.1, 0.15) is 0 Å². The van der Waals surface area contributed by atoms with Gasteiger partial charge in [-0.25, -0.2) is 4.79 Å². The molecule has 5 nitrogen and oxygen atoms in total. The van der Waals surface area contributed by atoms with Gasteiger partial charge in [-0.2, -0.15) is 13.9 Å². The van der Waals surface area contributed by atoms with Gasteiger partial charge in [0.1, 0.15) is 13.2 Å². The number of hydrogen-bond donors (Lipinski definition) is 2. The first-order chi connectivity index (χ1) is 4.62. The molecule has 2 N–H and O–H groups in total. The van der Waals surface area contributed by atoms with Crippen molar-refractivity contribution >= 4 is 13.9 Å². The number of carboxylic acid groups (broad SMARTS) is 1. The van der Waals surface area contributed by atoms with Crippen molar-refractivity contribution in [2.75, 3.05) is 19.4 Å². The van der Waals surface area contributed by atoms with Crippen molar-refractivity contribution < 1.29 is 23.8 Å². The summed E-state index contributed by atoms with van der Waals surface area (Å²) in [5.41, 5.74) is 0. The van der Waals surface area contributed by atoms with E-state index in [0.717, 1.165) is 0 Å². The molecule has 0 spiro atoms. The van der Waals surface area contributed by atoms with E-state index in [1.807, 2.05) is 0 Å². The smallest absolute Gasteiger partial charge is 0.420 e. The largest absolute Gasteiger partial charge is 0.478 e. The molecule has 10 heavy (non-hydrogen) atoms. The van der Waals surface area contributed by atoms with Gasteiger partial charge in [0, 0.05) is 0 Å². The molecule has 0 saturated carbocycles. The molecule has 0 radical (unpaired) electrons. The molecule has 0 atom stereocenters. The molecule has 58 valence electrons. The highest BCUT2D eigenvalue weighted by Gasteiger charge is 2.47. The number of rotatable bonds is 2. The lowest BCUT2D eigenvalue weighted by Gasteiger charge is -2.04. The fourth-order valence-electron chi connectivity index (χ4n) is 0.659. The molecule has 1 rings (SSSR count). The van der Waals surface area contributed by atoms with E-state index >= 15 is 0 Å². The molecular formula is C4H8O5P+. The Morgan fingerprint density at radius 1 is 1.50 bits per heavy atom. The quantitative estimate of drug-likeness (QED) is 0.560. The summed E-state index contributed by atoms with van der Waals surface area (Å²) in [4.78, 5) is 19.2. The van der Waals surface area contributed by atoms with Gasteiger partial charge in [-0.1, -0.05) is 0 Å². The summed E-state index contributed by atoms with van der Waals surface area (Å²) in [5, 5.41) is 8.25. The lowest BCUT2D eigenvalue weighted by molar-refractivity contribution is -0.134. The van der Waals surface area contributed by atoms with Gasteiger partial charge in [0.2, 0.25) is 6.16 Å². The van der Waals surface area contributed by atoms with Gasteiger partial charge in [0.15, 0.2) is 0 Å². The van der Waals surface area contributed by atoms with Gasteiger partial charge < -0.3 is 5.11 Å². The van der Waals surface area contributed by atoms with Crippen LogP contribution in [0.5, 0.6) is 0 Å². The minimum atomic E-state index is -2.98. The third-order valence-electron chi connectivity index (χ3n) is 1.00. The molecule has 1 saturated heterocycles. The van der Waals surface area contributed by atoms with E-state index in [1.54, 1.807) is 0 Å². The number of aliphatic carboxylic acids is 1. The highest BCUT2D eigenvalue weighted by atomic mass is 31.2. The monoisotopic (exact) mass is 167 g/mol. The second kappa shape index (κ2) is 2.80. The molecule has 0 aromatic heterocycles. The Bertz CT molecular complexity index is 141. The first-order valence-electron chi connectivity index (χ1n) is 2.74. The molecule has 1 aliphatic heterocycles. The van der Waals surface area contributed by atoms with E-state index in [-0.39, 0.29) is 13.2 Å². The van der Waals surface area contributed by atoms with Gasteiger partial charge in [0.05, 0.1) is 0 Å². The van der Waals surface area contributed by atoms with E-state index < -0.39 is 20.1 Å². The van der Waals surface area contributed by atoms with Gasteiger partial charge in [-0.15, -0.1) is 0 Å². The van der Waals surface area contributed by atoms with Gasteiger partial charge in [-0.3, -0.25) is 0 Å². The predicted octanol–water partition coefficient (Wildman–Crippen LogP) is -0.127. The minimum Gasteiger partial charge on any atom is -0.478 e. The van der Waals surface area contributed by atoms with Crippen molar-refractivity contribution in [3.63, 3.8) is 0 Å². The average molecular weight is 167 g/mol. The Balaban J connectivity index is 2.43. The Labute approximate surface area is 58.1 Å². The van der Waals surface area contributed by atoms with Crippen LogP contribution in [0, 0.1) is 0 Å². The van der Waals surface area contributed by atoms with E-state index in [9.17, 15) is 4.79 Å². The Morgan fingerprint density at radius 2 is 2.00 bits per heavy atom. The highest BCUT2D eigenvalue weighted by molar-refractivity contribution is 7.61. The van der Waals surface area contributed by atoms with Crippen molar-refractivity contribution in [1.29, 1.82) is 0 Å². The van der Waals surface area contributed by atoms with Gasteiger partial charge >= 0.3 is 13.9 Å². The summed E-state index contributed by atoms with van der Waals surface area (Å²) >= 11 is 0. The molecule has 1 fully saturated rings. The molecule has 0 aromatic carbocycles. The maximum atomic E-state index is 10.1. The zero-order valence-electron chi connectivity index (χ0n) is 5.19. The summed E-state index contributed by atoms with van der Waals surface area (Å²) in [6.07, 6.45) is -0.424. The van der Waals surface area contributed by atoms with Crippen LogP contribution in [0.15, 0.2) is 0 Å². The van der Waals surface area contributed by atoms with E-state index in [1.165, 1.54) is 0 Å². The van der Waals surface area contributed by atoms with Crippen LogP contribution in [0.2, 0.25) is 0 Å². The summed E-state index contributed by atoms with van der Waals surface area (Å²) < 4.78 is 9.43. The zero-order chi connectivity index (χ0) is 7.61. The normalized spacial score (nSPS) is 22.9. The van der Waals surface area contributed by atoms with E-state index in [0.29, 0.717) is 0 Å². The fourth-order valence-corrected chi connectivity index (χ4v) is 1.98. The second-order valence-corrected chi connectivity index (χ2v) is 3.96. The summed E-state index contributed by atoms with van der Waals surface area (Å²) in [6.45, 7) is 0.578. The minimum absolute atomic E-state index is 0.289. The van der Waals surface area contributed by atoms with Crippen LogP contribution >= 0.6 is 7.94 Å². The topological polar surface area (TPSA) is 76.0 Å². The van der Waals surface area contributed by atoms with Crippen molar-refractivity contribution in [2.45, 2.75) is 0 Å². The van der Waals surface area contributed by atoms with Crippen LogP contribution in [0.4, 0.5) is 0 Å². The standard InChI is InChI=1S/C4H7O5P/c5-4(6)3-10(7)8-1-2-9-10/h7H,1-3H2/p+1. The Hall–Kier alpha value is -0.220. The van der Waals surface area contributed by atoms with Crippen LogP contribution in [-0.2, 0) is 13.8 Å². The van der Waals surface area contributed by atoms with Crippen molar-refractivity contribution in [3.8, 4) is 0 Å². The maximum Gasteiger partial charge on any atom is 0.420 e. The third-order valence-corrected chi connectivity index (χ3v) is 2.85. The molecule has 6 heteroatoms. The van der Waals surface area contributed by atoms with Gasteiger partial charge in [-0.05, 0) is 0 Å². The Kier molecular flexibility index (Phi) is 2.21. The molecule has 0 amide bonds. The zero-order valence-corrected chi connectivity index (χ0v) is 6.08. The highest BCUT2D eigenvalue weighted by Crippen LogP contribution is 2.59. The van der Waals surface area contributed by atoms with Crippen LogP contribution in [0.25, 0.3) is 0 Å². The Morgan fingerprint density at radius 3 is 2.40 bits per heavy atom. The molecular weight excluding hydrogens is 159 g/mol. The number of hydrogen-bond acceptors (Lipinski definition) is 4. The van der Waals surface area contributed by atoms with Crippen molar-refractivity contribution in [3.05, 3.63) is 0 Å². The van der Waals surface area contributed by atoms with Crippen LogP contribution < -0.4 is 0 Å². The van der Waals surface area contributed by atoms with Crippen LogP contribution in [0.3, 0.4) is 0 Å². The van der Waals surface area contributed by atoms with E-state index in [2.05, 4.69) is 0 Å². The first-order valence-corrected chi connectivity index (χ1v) is 4.50. The van der Waals surface area contributed by atoms with E-state index in [4.69, 9.17) is 19.0 Å². The average Bonchev–Trinajstić information content (AvgIpc) is 2.12.